The predicted molar refractivity (Wildman–Crippen MR) is 98.2 cm³/mol. The molecule has 3 nitrogen and oxygen atoms in total. The Bertz CT molecular complexity index is 919. The van der Waals surface area contributed by atoms with E-state index >= 15 is 0 Å². The Morgan fingerprint density at radius 1 is 1.25 bits per heavy atom. The molecule has 0 radical (unpaired) electrons. The summed E-state index contributed by atoms with van der Waals surface area (Å²) in [5, 5.41) is 8.74. The van der Waals surface area contributed by atoms with Crippen LogP contribution in [-0.2, 0) is 4.79 Å². The highest BCUT2D eigenvalue weighted by Gasteiger charge is 2.33. The molecule has 118 valence electrons. The number of amides is 1. The highest BCUT2D eigenvalue weighted by Crippen LogP contribution is 2.37. The number of anilines is 1. The van der Waals surface area contributed by atoms with Crippen molar-refractivity contribution >= 4 is 57.6 Å². The summed E-state index contributed by atoms with van der Waals surface area (Å²) in [5.41, 5.74) is 1.75. The number of benzene rings is 2. The molecule has 0 unspecified atom stereocenters. The monoisotopic (exact) mass is 374 g/mol. The summed E-state index contributed by atoms with van der Waals surface area (Å²) in [6, 6.07) is 12.9. The van der Waals surface area contributed by atoms with Gasteiger partial charge in [-0.15, -0.1) is 0 Å². The molecule has 24 heavy (non-hydrogen) atoms. The number of nitriles is 1. The maximum Gasteiger partial charge on any atom is 0.270 e. The van der Waals surface area contributed by atoms with E-state index in [2.05, 4.69) is 0 Å². The first kappa shape index (κ1) is 16.7. The first-order valence-electron chi connectivity index (χ1n) is 6.73. The van der Waals surface area contributed by atoms with E-state index in [9.17, 15) is 9.18 Å². The Labute approximate surface area is 152 Å². The van der Waals surface area contributed by atoms with E-state index < -0.39 is 5.82 Å². The molecule has 2 aromatic rings. The van der Waals surface area contributed by atoms with E-state index in [4.69, 9.17) is 29.1 Å². The van der Waals surface area contributed by atoms with Crippen molar-refractivity contribution in [3.63, 3.8) is 0 Å². The predicted octanol–water partition coefficient (Wildman–Crippen LogP) is 4.76. The summed E-state index contributed by atoms with van der Waals surface area (Å²) in [7, 11) is 0. The fourth-order valence-electron chi connectivity index (χ4n) is 2.12. The number of hydrogen-bond acceptors (Lipinski definition) is 4. The van der Waals surface area contributed by atoms with Crippen LogP contribution in [0.25, 0.3) is 6.08 Å². The minimum absolute atomic E-state index is 0.0716. The van der Waals surface area contributed by atoms with Gasteiger partial charge in [0, 0.05) is 0 Å². The van der Waals surface area contributed by atoms with Crippen LogP contribution in [0.3, 0.4) is 0 Å². The van der Waals surface area contributed by atoms with E-state index in [0.29, 0.717) is 20.5 Å². The van der Waals surface area contributed by atoms with Crippen LogP contribution in [0.5, 0.6) is 0 Å². The molecule has 7 heteroatoms. The molecule has 1 aliphatic heterocycles. The molecule has 0 spiro atoms. The second kappa shape index (κ2) is 6.73. The van der Waals surface area contributed by atoms with Gasteiger partial charge in [0.15, 0.2) is 4.32 Å². The van der Waals surface area contributed by atoms with Crippen molar-refractivity contribution < 1.29 is 9.18 Å². The number of hydrogen-bond donors (Lipinski definition) is 0. The van der Waals surface area contributed by atoms with Gasteiger partial charge in [0.05, 0.1) is 27.2 Å². The molecule has 1 amide bonds. The van der Waals surface area contributed by atoms with Crippen molar-refractivity contribution in [2.24, 2.45) is 0 Å². The summed E-state index contributed by atoms with van der Waals surface area (Å²) < 4.78 is 13.6. The van der Waals surface area contributed by atoms with Gasteiger partial charge in [0.25, 0.3) is 5.91 Å². The van der Waals surface area contributed by atoms with Gasteiger partial charge in [0.1, 0.15) is 5.82 Å². The van der Waals surface area contributed by atoms with Gasteiger partial charge in [0.2, 0.25) is 0 Å². The molecule has 1 saturated heterocycles. The lowest BCUT2D eigenvalue weighted by molar-refractivity contribution is -0.113. The first-order valence-corrected chi connectivity index (χ1v) is 8.33. The number of carbonyl (C=O) groups excluding carboxylic acids is 1. The van der Waals surface area contributed by atoms with Gasteiger partial charge in [-0.3, -0.25) is 9.69 Å². The fraction of sp³-hybridized carbons (Fsp3) is 0. The number of rotatable bonds is 2. The molecule has 1 aliphatic rings. The summed E-state index contributed by atoms with van der Waals surface area (Å²) in [4.78, 5) is 14.4. The minimum Gasteiger partial charge on any atom is -0.268 e. The van der Waals surface area contributed by atoms with Crippen LogP contribution in [0.15, 0.2) is 47.4 Å². The lowest BCUT2D eigenvalue weighted by Gasteiger charge is -2.14. The Hall–Kier alpha value is -2.20. The van der Waals surface area contributed by atoms with Gasteiger partial charge < -0.3 is 0 Å². The van der Waals surface area contributed by atoms with Crippen LogP contribution in [0, 0.1) is 17.1 Å². The van der Waals surface area contributed by atoms with Crippen LogP contribution in [0.1, 0.15) is 11.1 Å². The average Bonchev–Trinajstić information content (AvgIpc) is 2.85. The molecule has 0 atom stereocenters. The van der Waals surface area contributed by atoms with E-state index in [1.165, 1.54) is 23.1 Å². The Kier molecular flexibility index (Phi) is 4.67. The quantitative estimate of drug-likeness (QED) is 0.561. The molecule has 2 aromatic carbocycles. The van der Waals surface area contributed by atoms with Crippen LogP contribution >= 0.6 is 35.6 Å². The number of nitrogens with zero attached hydrogens (tertiary/aromatic N) is 2. The molecule has 3 rings (SSSR count). The Morgan fingerprint density at radius 3 is 2.58 bits per heavy atom. The molecule has 1 fully saturated rings. The Balaban J connectivity index is 1.92. The molecule has 0 bridgehead atoms. The van der Waals surface area contributed by atoms with Gasteiger partial charge in [-0.2, -0.15) is 5.26 Å². The van der Waals surface area contributed by atoms with E-state index in [1.807, 2.05) is 6.07 Å². The smallest absolute Gasteiger partial charge is 0.268 e. The second-order valence-electron chi connectivity index (χ2n) is 4.85. The zero-order chi connectivity index (χ0) is 17.3. The number of thioether (sulfide) groups is 1. The van der Waals surface area contributed by atoms with Crippen LogP contribution < -0.4 is 4.90 Å². The van der Waals surface area contributed by atoms with Gasteiger partial charge in [-0.1, -0.05) is 47.7 Å². The molecular weight excluding hydrogens is 367 g/mol. The molecular formula is C17H8ClFN2OS2. The standard InChI is InChI=1S/C17H8ClFN2OS2/c18-13-8-12(5-6-14(13)19)21-16(22)15(24-17(21)23)7-10-1-3-11(9-20)4-2-10/h1-8H/b15-7+. The SMILES string of the molecule is N#Cc1ccc(/C=C2/SC(=S)N(c3ccc(F)c(Cl)c3)C2=O)cc1. The summed E-state index contributed by atoms with van der Waals surface area (Å²) >= 11 is 12.2. The van der Waals surface area contributed by atoms with E-state index in [0.717, 1.165) is 17.3 Å². The molecule has 0 saturated carbocycles. The lowest BCUT2D eigenvalue weighted by Crippen LogP contribution is -2.27. The van der Waals surface area contributed by atoms with Crippen molar-refractivity contribution in [1.82, 2.24) is 0 Å². The summed E-state index contributed by atoms with van der Waals surface area (Å²) in [6.07, 6.45) is 1.70. The highest BCUT2D eigenvalue weighted by atomic mass is 35.5. The second-order valence-corrected chi connectivity index (χ2v) is 6.93. The number of halogens is 2. The van der Waals surface area contributed by atoms with Gasteiger partial charge in [-0.25, -0.2) is 4.39 Å². The molecule has 0 N–H and O–H groups in total. The first-order chi connectivity index (χ1) is 11.5. The number of thiocarbonyl (C=S) groups is 1. The molecule has 1 heterocycles. The van der Waals surface area contributed by atoms with Crippen molar-refractivity contribution in [3.8, 4) is 6.07 Å². The van der Waals surface area contributed by atoms with Gasteiger partial charge >= 0.3 is 0 Å². The van der Waals surface area contributed by atoms with Crippen LogP contribution in [0.2, 0.25) is 5.02 Å². The molecule has 0 aliphatic carbocycles. The van der Waals surface area contributed by atoms with E-state index in [-0.39, 0.29) is 10.9 Å². The minimum atomic E-state index is -0.556. The third-order valence-corrected chi connectivity index (χ3v) is 4.88. The van der Waals surface area contributed by atoms with Crippen LogP contribution in [0.4, 0.5) is 10.1 Å². The van der Waals surface area contributed by atoms with Gasteiger partial charge in [-0.05, 0) is 42.0 Å². The topological polar surface area (TPSA) is 44.1 Å². The number of carbonyl (C=O) groups is 1. The van der Waals surface area contributed by atoms with Crippen molar-refractivity contribution in [2.45, 2.75) is 0 Å². The molecule has 0 aromatic heterocycles. The Morgan fingerprint density at radius 2 is 1.96 bits per heavy atom. The van der Waals surface area contributed by atoms with Crippen LogP contribution in [-0.4, -0.2) is 10.2 Å². The lowest BCUT2D eigenvalue weighted by atomic mass is 10.1. The van der Waals surface area contributed by atoms with Crippen molar-refractivity contribution in [2.75, 3.05) is 4.90 Å². The zero-order valence-electron chi connectivity index (χ0n) is 12.0. The van der Waals surface area contributed by atoms with Crippen molar-refractivity contribution in [1.29, 1.82) is 5.26 Å². The zero-order valence-corrected chi connectivity index (χ0v) is 14.4. The third kappa shape index (κ3) is 3.20. The van der Waals surface area contributed by atoms with E-state index in [1.54, 1.807) is 30.3 Å². The average molecular weight is 375 g/mol. The maximum absolute atomic E-state index is 13.3. The summed E-state index contributed by atoms with van der Waals surface area (Å²) in [6.45, 7) is 0. The fourth-order valence-corrected chi connectivity index (χ4v) is 3.59. The normalized spacial score (nSPS) is 15.9. The van der Waals surface area contributed by atoms with Crippen molar-refractivity contribution in [3.05, 3.63) is 69.3 Å². The summed E-state index contributed by atoms with van der Waals surface area (Å²) in [5.74, 6) is -0.851. The third-order valence-electron chi connectivity index (χ3n) is 3.29. The highest BCUT2D eigenvalue weighted by molar-refractivity contribution is 8.27. The maximum atomic E-state index is 13.3. The largest absolute Gasteiger partial charge is 0.270 e.